The van der Waals surface area contributed by atoms with Crippen LogP contribution in [0.25, 0.3) is 11.3 Å². The highest BCUT2D eigenvalue weighted by molar-refractivity contribution is 9.10. The van der Waals surface area contributed by atoms with Crippen LogP contribution in [0.5, 0.6) is 0 Å². The quantitative estimate of drug-likeness (QED) is 0.944. The third-order valence-electron chi connectivity index (χ3n) is 2.15. The van der Waals surface area contributed by atoms with E-state index in [0.29, 0.717) is 5.82 Å². The number of aromatic nitrogens is 2. The van der Waals surface area contributed by atoms with E-state index in [-0.39, 0.29) is 6.42 Å². The predicted molar refractivity (Wildman–Crippen MR) is 66.5 cm³/mol. The fraction of sp³-hybridized carbons (Fsp3) is 0.0833. The first-order valence-corrected chi connectivity index (χ1v) is 5.74. The molecule has 86 valence electrons. The first kappa shape index (κ1) is 11.7. The maximum Gasteiger partial charge on any atom is 0.311 e. The molecule has 0 saturated carbocycles. The summed E-state index contributed by atoms with van der Waals surface area (Å²) < 4.78 is 0.987. The van der Waals surface area contributed by atoms with E-state index in [9.17, 15) is 4.79 Å². The molecule has 5 heteroatoms. The maximum atomic E-state index is 10.6. The summed E-state index contributed by atoms with van der Waals surface area (Å²) in [5.74, 6) is -0.615. The Hall–Kier alpha value is -1.75. The van der Waals surface area contributed by atoms with E-state index >= 15 is 0 Å². The van der Waals surface area contributed by atoms with Gasteiger partial charge in [0, 0.05) is 16.2 Å². The van der Waals surface area contributed by atoms with Crippen LogP contribution in [0.15, 0.2) is 41.0 Å². The summed E-state index contributed by atoms with van der Waals surface area (Å²) in [7, 11) is 0. The van der Waals surface area contributed by atoms with Crippen LogP contribution < -0.4 is 0 Å². The van der Waals surface area contributed by atoms with Gasteiger partial charge >= 0.3 is 5.97 Å². The molecule has 2 aromatic rings. The lowest BCUT2D eigenvalue weighted by Gasteiger charge is -2.02. The summed E-state index contributed by atoms with van der Waals surface area (Å²) in [5.41, 5.74) is 1.66. The summed E-state index contributed by atoms with van der Waals surface area (Å²) in [6, 6.07) is 9.41. The monoisotopic (exact) mass is 292 g/mol. The number of carboxylic acid groups (broad SMARTS) is 1. The van der Waals surface area contributed by atoms with Crippen LogP contribution in [0.1, 0.15) is 5.82 Å². The molecule has 1 aromatic heterocycles. The topological polar surface area (TPSA) is 63.1 Å². The number of carboxylic acids is 1. The van der Waals surface area contributed by atoms with Crippen LogP contribution in [0.2, 0.25) is 0 Å². The van der Waals surface area contributed by atoms with Crippen LogP contribution >= 0.6 is 15.9 Å². The number of aliphatic carboxylic acids is 1. The molecule has 0 saturated heterocycles. The van der Waals surface area contributed by atoms with Gasteiger partial charge in [0.1, 0.15) is 12.2 Å². The first-order valence-electron chi connectivity index (χ1n) is 4.95. The van der Waals surface area contributed by atoms with E-state index in [1.54, 1.807) is 12.3 Å². The van der Waals surface area contributed by atoms with E-state index < -0.39 is 5.97 Å². The third kappa shape index (κ3) is 3.10. The second-order valence-electron chi connectivity index (χ2n) is 3.44. The molecule has 4 nitrogen and oxygen atoms in total. The van der Waals surface area contributed by atoms with Crippen LogP contribution in [0.4, 0.5) is 0 Å². The standard InChI is InChI=1S/C12H9BrN2O2/c13-9-3-1-8(2-4-9)10-5-6-14-11(15-10)7-12(16)17/h1-6H,7H2,(H,16,17). The number of halogens is 1. The summed E-state index contributed by atoms with van der Waals surface area (Å²) >= 11 is 3.35. The van der Waals surface area contributed by atoms with E-state index in [0.717, 1.165) is 15.7 Å². The van der Waals surface area contributed by atoms with Crippen LogP contribution in [0.3, 0.4) is 0 Å². The van der Waals surface area contributed by atoms with Crippen molar-refractivity contribution in [2.75, 3.05) is 0 Å². The number of hydrogen-bond acceptors (Lipinski definition) is 3. The lowest BCUT2D eigenvalue weighted by atomic mass is 10.1. The first-order chi connectivity index (χ1) is 8.15. The summed E-state index contributed by atoms with van der Waals surface area (Å²) in [6.07, 6.45) is 1.41. The van der Waals surface area contributed by atoms with Gasteiger partial charge in [-0.05, 0) is 18.2 Å². The molecule has 0 spiro atoms. The highest BCUT2D eigenvalue weighted by atomic mass is 79.9. The smallest absolute Gasteiger partial charge is 0.311 e. The average molecular weight is 293 g/mol. The van der Waals surface area contributed by atoms with Crippen LogP contribution in [-0.4, -0.2) is 21.0 Å². The molecule has 1 heterocycles. The molecule has 0 amide bonds. The molecule has 0 aliphatic carbocycles. The highest BCUT2D eigenvalue weighted by Crippen LogP contribution is 2.19. The molecule has 0 bridgehead atoms. The minimum absolute atomic E-state index is 0.162. The number of carbonyl (C=O) groups is 1. The van der Waals surface area contributed by atoms with Crippen molar-refractivity contribution in [3.05, 3.63) is 46.8 Å². The predicted octanol–water partition coefficient (Wildman–Crippen LogP) is 2.53. The van der Waals surface area contributed by atoms with Gasteiger partial charge in [0.2, 0.25) is 0 Å². The largest absolute Gasteiger partial charge is 0.481 e. The molecule has 0 aliphatic heterocycles. The van der Waals surface area contributed by atoms with Crippen LogP contribution in [-0.2, 0) is 11.2 Å². The van der Waals surface area contributed by atoms with Crippen molar-refractivity contribution in [1.29, 1.82) is 0 Å². The zero-order chi connectivity index (χ0) is 12.3. The van der Waals surface area contributed by atoms with Gasteiger partial charge in [-0.3, -0.25) is 4.79 Å². The zero-order valence-electron chi connectivity index (χ0n) is 8.80. The van der Waals surface area contributed by atoms with Crippen molar-refractivity contribution in [2.45, 2.75) is 6.42 Å². The second-order valence-corrected chi connectivity index (χ2v) is 4.35. The SMILES string of the molecule is O=C(O)Cc1nccc(-c2ccc(Br)cc2)n1. The van der Waals surface area contributed by atoms with Gasteiger partial charge in [0.25, 0.3) is 0 Å². The Labute approximate surface area is 106 Å². The minimum atomic E-state index is -0.932. The molecule has 2 rings (SSSR count). The third-order valence-corrected chi connectivity index (χ3v) is 2.68. The molecule has 0 fully saturated rings. The van der Waals surface area contributed by atoms with Crippen molar-refractivity contribution >= 4 is 21.9 Å². The minimum Gasteiger partial charge on any atom is -0.481 e. The molecule has 0 aliphatic rings. The van der Waals surface area contributed by atoms with E-state index in [4.69, 9.17) is 5.11 Å². The fourth-order valence-electron chi connectivity index (χ4n) is 1.40. The number of benzene rings is 1. The molecular weight excluding hydrogens is 284 g/mol. The van der Waals surface area contributed by atoms with Gasteiger partial charge < -0.3 is 5.11 Å². The molecule has 0 radical (unpaired) electrons. The van der Waals surface area contributed by atoms with Gasteiger partial charge in [-0.15, -0.1) is 0 Å². The Morgan fingerprint density at radius 1 is 1.24 bits per heavy atom. The Kier molecular flexibility index (Phi) is 3.49. The van der Waals surface area contributed by atoms with Gasteiger partial charge in [-0.1, -0.05) is 28.1 Å². The molecule has 0 unspecified atom stereocenters. The molecule has 0 atom stereocenters. The van der Waals surface area contributed by atoms with E-state index in [2.05, 4.69) is 25.9 Å². The van der Waals surface area contributed by atoms with Gasteiger partial charge in [-0.2, -0.15) is 0 Å². The van der Waals surface area contributed by atoms with Crippen molar-refractivity contribution in [3.63, 3.8) is 0 Å². The fourth-order valence-corrected chi connectivity index (χ4v) is 1.67. The zero-order valence-corrected chi connectivity index (χ0v) is 10.4. The van der Waals surface area contributed by atoms with Crippen LogP contribution in [0, 0.1) is 0 Å². The van der Waals surface area contributed by atoms with Crippen molar-refractivity contribution in [2.24, 2.45) is 0 Å². The molecular formula is C12H9BrN2O2. The Bertz CT molecular complexity index is 540. The highest BCUT2D eigenvalue weighted by Gasteiger charge is 2.05. The summed E-state index contributed by atoms with van der Waals surface area (Å²) in [6.45, 7) is 0. The number of hydrogen-bond donors (Lipinski definition) is 1. The second kappa shape index (κ2) is 5.05. The number of rotatable bonds is 3. The molecule has 17 heavy (non-hydrogen) atoms. The lowest BCUT2D eigenvalue weighted by molar-refractivity contribution is -0.136. The lowest BCUT2D eigenvalue weighted by Crippen LogP contribution is -2.05. The Morgan fingerprint density at radius 3 is 2.59 bits per heavy atom. The average Bonchev–Trinajstić information content (AvgIpc) is 2.29. The Balaban J connectivity index is 2.32. The van der Waals surface area contributed by atoms with Gasteiger partial charge in [0.15, 0.2) is 0 Å². The Morgan fingerprint density at radius 2 is 1.94 bits per heavy atom. The summed E-state index contributed by atoms with van der Waals surface area (Å²) in [5, 5.41) is 8.68. The van der Waals surface area contributed by atoms with Crippen molar-refractivity contribution in [1.82, 2.24) is 9.97 Å². The van der Waals surface area contributed by atoms with Gasteiger partial charge in [-0.25, -0.2) is 9.97 Å². The normalized spacial score (nSPS) is 10.2. The van der Waals surface area contributed by atoms with Crippen molar-refractivity contribution < 1.29 is 9.90 Å². The molecule has 1 N–H and O–H groups in total. The molecule has 1 aromatic carbocycles. The van der Waals surface area contributed by atoms with E-state index in [1.165, 1.54) is 0 Å². The number of nitrogens with zero attached hydrogens (tertiary/aromatic N) is 2. The maximum absolute atomic E-state index is 10.6. The van der Waals surface area contributed by atoms with Gasteiger partial charge in [0.05, 0.1) is 5.69 Å². The van der Waals surface area contributed by atoms with Crippen molar-refractivity contribution in [3.8, 4) is 11.3 Å². The summed E-state index contributed by atoms with van der Waals surface area (Å²) in [4.78, 5) is 18.7. The van der Waals surface area contributed by atoms with E-state index in [1.807, 2.05) is 24.3 Å².